The van der Waals surface area contributed by atoms with E-state index in [1.165, 1.54) is 6.42 Å². The number of hydrogen-bond donors (Lipinski definition) is 2. The molecule has 2 fully saturated rings. The molecule has 34 heavy (non-hydrogen) atoms. The number of amides is 2. The van der Waals surface area contributed by atoms with E-state index in [1.54, 1.807) is 16.9 Å². The van der Waals surface area contributed by atoms with Crippen LogP contribution in [0.25, 0.3) is 0 Å². The van der Waals surface area contributed by atoms with Gasteiger partial charge in [0.25, 0.3) is 11.8 Å². The van der Waals surface area contributed by atoms with Gasteiger partial charge in [-0.25, -0.2) is 4.79 Å². The predicted octanol–water partition coefficient (Wildman–Crippen LogP) is 0.872. The summed E-state index contributed by atoms with van der Waals surface area (Å²) in [5.41, 5.74) is 0.483. The first-order valence-electron chi connectivity index (χ1n) is 10.8. The van der Waals surface area contributed by atoms with E-state index in [1.807, 2.05) is 16.5 Å². The monoisotopic (exact) mass is 483 g/mol. The third kappa shape index (κ3) is 4.89. The molecule has 0 radical (unpaired) electrons. The number of aryl methyl sites for hydroxylation is 1. The lowest BCUT2D eigenvalue weighted by molar-refractivity contribution is -0.192. The molecule has 2 aliphatic heterocycles. The number of nitrogens with zero attached hydrogens (tertiary/aromatic N) is 6. The van der Waals surface area contributed by atoms with Gasteiger partial charge in [0, 0.05) is 45.3 Å². The predicted molar refractivity (Wildman–Crippen MR) is 109 cm³/mol. The van der Waals surface area contributed by atoms with Gasteiger partial charge in [-0.1, -0.05) is 0 Å². The Morgan fingerprint density at radius 3 is 2.35 bits per heavy atom. The highest BCUT2D eigenvalue weighted by atomic mass is 19.4. The Balaban J connectivity index is 0.000000344. The molecule has 3 aliphatic rings. The molecule has 0 unspecified atom stereocenters. The van der Waals surface area contributed by atoms with Crippen LogP contribution in [-0.2, 0) is 24.8 Å². The Labute approximate surface area is 191 Å². The summed E-state index contributed by atoms with van der Waals surface area (Å²) in [5.74, 6) is -0.979. The van der Waals surface area contributed by atoms with Crippen LogP contribution in [0.2, 0.25) is 0 Å². The van der Waals surface area contributed by atoms with E-state index < -0.39 is 12.1 Å². The number of carboxylic acids is 1. The van der Waals surface area contributed by atoms with E-state index in [0.717, 1.165) is 25.1 Å². The van der Waals surface area contributed by atoms with E-state index >= 15 is 0 Å². The van der Waals surface area contributed by atoms with Crippen molar-refractivity contribution in [3.8, 4) is 0 Å². The first-order chi connectivity index (χ1) is 16.0. The zero-order chi connectivity index (χ0) is 24.6. The molecule has 4 heterocycles. The Kier molecular flexibility index (Phi) is 6.32. The maximum atomic E-state index is 12.7. The minimum Gasteiger partial charge on any atom is -0.475 e. The number of nitrogens with one attached hydrogen (secondary N) is 1. The number of alkyl halides is 3. The lowest BCUT2D eigenvalue weighted by Crippen LogP contribution is -2.41. The molecular formula is C20H24F3N7O4. The third-order valence-corrected chi connectivity index (χ3v) is 6.37. The van der Waals surface area contributed by atoms with Crippen LogP contribution in [0.3, 0.4) is 0 Å². The van der Waals surface area contributed by atoms with Gasteiger partial charge >= 0.3 is 12.1 Å². The molecule has 1 saturated carbocycles. The highest BCUT2D eigenvalue weighted by Crippen LogP contribution is 2.33. The van der Waals surface area contributed by atoms with Crippen molar-refractivity contribution in [2.24, 2.45) is 18.9 Å². The second-order valence-electron chi connectivity index (χ2n) is 8.76. The average Bonchev–Trinajstić information content (AvgIpc) is 3.45. The molecule has 11 nitrogen and oxygen atoms in total. The number of halogens is 3. The van der Waals surface area contributed by atoms with E-state index in [4.69, 9.17) is 9.90 Å². The van der Waals surface area contributed by atoms with Gasteiger partial charge in [0.1, 0.15) is 11.5 Å². The number of carboxylic acid groups (broad SMARTS) is 1. The van der Waals surface area contributed by atoms with Gasteiger partial charge in [0.05, 0.1) is 0 Å². The zero-order valence-electron chi connectivity index (χ0n) is 18.3. The van der Waals surface area contributed by atoms with Gasteiger partial charge in [0.15, 0.2) is 0 Å². The number of hydrogen-bond acceptors (Lipinski definition) is 6. The lowest BCUT2D eigenvalue weighted by Gasteiger charge is -2.28. The maximum absolute atomic E-state index is 12.7. The second kappa shape index (κ2) is 9.06. The molecule has 2 aromatic heterocycles. The number of carbonyl (C=O) groups is 3. The standard InChI is InChI=1S/C18H23N7O2.C2HF3O2/c1-23-6-5-14(22-23)18(27)24-8-11-7-15-20-21-16(25(15)10-12(11)9-24)17(26)19-13-3-2-4-13;3-2(4,5)1(6)7/h5-6,11-13H,2-4,7-10H2,1H3,(H,19,26);(H,6,7)/t11-,12-;/m0./s1. The average molecular weight is 483 g/mol. The SMILES string of the molecule is Cn1ccc(C(=O)N2C[C@@H]3Cc4nnc(C(=O)NC5CCC5)n4C[C@@H]3C2)n1.O=C(O)C(F)(F)F. The summed E-state index contributed by atoms with van der Waals surface area (Å²) in [5, 5.41) is 22.8. The Hall–Kier alpha value is -3.45. The van der Waals surface area contributed by atoms with E-state index in [-0.39, 0.29) is 17.9 Å². The zero-order valence-corrected chi connectivity index (χ0v) is 18.3. The van der Waals surface area contributed by atoms with Crippen molar-refractivity contribution in [1.82, 2.24) is 34.8 Å². The summed E-state index contributed by atoms with van der Waals surface area (Å²) in [6.07, 6.45) is 0.710. The molecule has 2 aromatic rings. The summed E-state index contributed by atoms with van der Waals surface area (Å²) < 4.78 is 35.3. The van der Waals surface area contributed by atoms with Crippen LogP contribution in [0.15, 0.2) is 12.3 Å². The van der Waals surface area contributed by atoms with E-state index in [0.29, 0.717) is 43.0 Å². The Morgan fingerprint density at radius 1 is 1.12 bits per heavy atom. The number of likely N-dealkylation sites (tertiary alicyclic amines) is 1. The van der Waals surface area contributed by atoms with Gasteiger partial charge in [-0.15, -0.1) is 10.2 Å². The second-order valence-corrected chi connectivity index (χ2v) is 8.76. The first-order valence-corrected chi connectivity index (χ1v) is 10.8. The van der Waals surface area contributed by atoms with Crippen molar-refractivity contribution in [1.29, 1.82) is 0 Å². The summed E-state index contributed by atoms with van der Waals surface area (Å²) in [7, 11) is 1.81. The van der Waals surface area contributed by atoms with Gasteiger partial charge in [0.2, 0.25) is 5.82 Å². The van der Waals surface area contributed by atoms with Gasteiger partial charge < -0.3 is 19.9 Å². The molecule has 2 atom stereocenters. The topological polar surface area (TPSA) is 135 Å². The summed E-state index contributed by atoms with van der Waals surface area (Å²) in [6.45, 7) is 2.07. The van der Waals surface area contributed by atoms with Crippen LogP contribution in [0, 0.1) is 11.8 Å². The van der Waals surface area contributed by atoms with Crippen LogP contribution in [0.5, 0.6) is 0 Å². The van der Waals surface area contributed by atoms with Gasteiger partial charge in [-0.3, -0.25) is 14.3 Å². The fourth-order valence-corrected chi connectivity index (χ4v) is 4.35. The number of aromatic nitrogens is 5. The van der Waals surface area contributed by atoms with Crippen LogP contribution < -0.4 is 5.32 Å². The normalized spacial score (nSPS) is 21.6. The van der Waals surface area contributed by atoms with Crippen LogP contribution in [0.4, 0.5) is 13.2 Å². The fourth-order valence-electron chi connectivity index (χ4n) is 4.35. The molecule has 0 aromatic carbocycles. The Morgan fingerprint density at radius 2 is 1.79 bits per heavy atom. The van der Waals surface area contributed by atoms with E-state index in [2.05, 4.69) is 20.6 Å². The van der Waals surface area contributed by atoms with Gasteiger partial charge in [-0.2, -0.15) is 18.3 Å². The molecule has 1 saturated heterocycles. The van der Waals surface area contributed by atoms with Crippen LogP contribution >= 0.6 is 0 Å². The minimum atomic E-state index is -5.08. The van der Waals surface area contributed by atoms with Gasteiger partial charge in [-0.05, 0) is 37.2 Å². The van der Waals surface area contributed by atoms with Crippen molar-refractivity contribution in [2.45, 2.75) is 44.4 Å². The van der Waals surface area contributed by atoms with Crippen LogP contribution in [0.1, 0.15) is 46.2 Å². The largest absolute Gasteiger partial charge is 0.490 e. The Bertz CT molecular complexity index is 1090. The van der Waals surface area contributed by atoms with Crippen molar-refractivity contribution in [3.05, 3.63) is 29.6 Å². The quantitative estimate of drug-likeness (QED) is 0.661. The number of fused-ring (bicyclic) bond motifs is 2. The molecule has 0 bridgehead atoms. The number of carbonyl (C=O) groups excluding carboxylic acids is 2. The van der Waals surface area contributed by atoms with Crippen molar-refractivity contribution < 1.29 is 32.7 Å². The first kappa shape index (κ1) is 23.7. The molecule has 184 valence electrons. The molecule has 5 rings (SSSR count). The fraction of sp³-hybridized carbons (Fsp3) is 0.600. The summed E-state index contributed by atoms with van der Waals surface area (Å²) in [4.78, 5) is 36.0. The molecule has 1 aliphatic carbocycles. The summed E-state index contributed by atoms with van der Waals surface area (Å²) in [6, 6.07) is 2.03. The van der Waals surface area contributed by atoms with Crippen molar-refractivity contribution in [2.75, 3.05) is 13.1 Å². The summed E-state index contributed by atoms with van der Waals surface area (Å²) >= 11 is 0. The minimum absolute atomic E-state index is 0.0243. The lowest BCUT2D eigenvalue weighted by atomic mass is 9.89. The van der Waals surface area contributed by atoms with Crippen molar-refractivity contribution >= 4 is 17.8 Å². The highest BCUT2D eigenvalue weighted by molar-refractivity contribution is 5.92. The smallest absolute Gasteiger partial charge is 0.475 e. The van der Waals surface area contributed by atoms with Crippen molar-refractivity contribution in [3.63, 3.8) is 0 Å². The van der Waals surface area contributed by atoms with Crippen LogP contribution in [-0.4, -0.2) is 77.6 Å². The number of aliphatic carboxylic acids is 1. The molecule has 2 N–H and O–H groups in total. The molecule has 2 amide bonds. The molecular weight excluding hydrogens is 459 g/mol. The highest BCUT2D eigenvalue weighted by Gasteiger charge is 2.41. The molecule has 0 spiro atoms. The van der Waals surface area contributed by atoms with E-state index in [9.17, 15) is 22.8 Å². The number of rotatable bonds is 3. The molecule has 14 heteroatoms. The third-order valence-electron chi connectivity index (χ3n) is 6.37. The maximum Gasteiger partial charge on any atom is 0.490 e.